The van der Waals surface area contributed by atoms with Crippen LogP contribution in [0.4, 0.5) is 0 Å². The van der Waals surface area contributed by atoms with Crippen LogP contribution in [0.5, 0.6) is 11.5 Å². The van der Waals surface area contributed by atoms with Gasteiger partial charge in [0.1, 0.15) is 11.5 Å². The molecule has 16 heavy (non-hydrogen) atoms. The van der Waals surface area contributed by atoms with Gasteiger partial charge < -0.3 is 10.2 Å². The molecule has 0 unspecified atom stereocenters. The molecule has 0 atom stereocenters. The monoisotopic (exact) mass is 212 g/mol. The quantitative estimate of drug-likeness (QED) is 0.750. The molecule has 0 aliphatic rings. The van der Waals surface area contributed by atoms with Crippen molar-refractivity contribution in [1.29, 1.82) is 0 Å². The van der Waals surface area contributed by atoms with Gasteiger partial charge in [-0.05, 0) is 17.7 Å². The molecule has 2 N–H and O–H groups in total. The Labute approximate surface area is 94.1 Å². The second kappa shape index (κ2) is 4.53. The van der Waals surface area contributed by atoms with Gasteiger partial charge in [-0.2, -0.15) is 0 Å². The molecular formula is C14H12O2. The zero-order valence-corrected chi connectivity index (χ0v) is 8.67. The molecule has 2 heteroatoms. The van der Waals surface area contributed by atoms with Gasteiger partial charge in [-0.25, -0.2) is 0 Å². The van der Waals surface area contributed by atoms with Crippen molar-refractivity contribution >= 4 is 12.2 Å². The van der Waals surface area contributed by atoms with E-state index in [1.165, 1.54) is 6.07 Å². The van der Waals surface area contributed by atoms with Crippen LogP contribution < -0.4 is 0 Å². The summed E-state index contributed by atoms with van der Waals surface area (Å²) >= 11 is 0. The maximum atomic E-state index is 9.56. The minimum Gasteiger partial charge on any atom is -0.508 e. The molecule has 0 aliphatic carbocycles. The molecule has 0 aliphatic heterocycles. The van der Waals surface area contributed by atoms with Crippen molar-refractivity contribution < 1.29 is 10.2 Å². The van der Waals surface area contributed by atoms with Crippen LogP contribution in [0.1, 0.15) is 11.1 Å². The van der Waals surface area contributed by atoms with Crippen LogP contribution in [0.15, 0.2) is 48.5 Å². The van der Waals surface area contributed by atoms with E-state index in [-0.39, 0.29) is 11.5 Å². The lowest BCUT2D eigenvalue weighted by Crippen LogP contribution is -1.75. The van der Waals surface area contributed by atoms with Gasteiger partial charge in [-0.15, -0.1) is 0 Å². The summed E-state index contributed by atoms with van der Waals surface area (Å²) in [6.45, 7) is 0. The first-order valence-corrected chi connectivity index (χ1v) is 5.01. The Morgan fingerprint density at radius 2 is 1.56 bits per heavy atom. The highest BCUT2D eigenvalue weighted by Gasteiger charge is 1.97. The third-order valence-corrected chi connectivity index (χ3v) is 2.27. The number of phenolic OH excluding ortho intramolecular Hbond substituents is 2. The molecule has 0 bridgehead atoms. The predicted molar refractivity (Wildman–Crippen MR) is 65.1 cm³/mol. The summed E-state index contributed by atoms with van der Waals surface area (Å²) in [7, 11) is 0. The van der Waals surface area contributed by atoms with Gasteiger partial charge in [0.25, 0.3) is 0 Å². The Hall–Kier alpha value is -2.22. The minimum absolute atomic E-state index is 0.0642. The summed E-state index contributed by atoms with van der Waals surface area (Å²) in [4.78, 5) is 0. The summed E-state index contributed by atoms with van der Waals surface area (Å²) in [6, 6.07) is 14.4. The summed E-state index contributed by atoms with van der Waals surface area (Å²) in [5.74, 6) is 0.140. The summed E-state index contributed by atoms with van der Waals surface area (Å²) in [5.41, 5.74) is 1.75. The molecule has 2 aromatic rings. The molecule has 2 aromatic carbocycles. The lowest BCUT2D eigenvalue weighted by molar-refractivity contribution is 0.450. The Morgan fingerprint density at radius 1 is 0.812 bits per heavy atom. The molecule has 0 saturated carbocycles. The molecule has 0 aromatic heterocycles. The van der Waals surface area contributed by atoms with Crippen LogP contribution in [0.3, 0.4) is 0 Å². The Kier molecular flexibility index (Phi) is 2.92. The smallest absolute Gasteiger partial charge is 0.126 e. The number of hydrogen-bond donors (Lipinski definition) is 2. The van der Waals surface area contributed by atoms with E-state index < -0.39 is 0 Å². The first kappa shape index (κ1) is 10.3. The van der Waals surface area contributed by atoms with Crippen molar-refractivity contribution in [3.8, 4) is 11.5 Å². The molecule has 0 spiro atoms. The first-order valence-electron chi connectivity index (χ1n) is 5.01. The minimum atomic E-state index is 0.0642. The van der Waals surface area contributed by atoms with E-state index in [4.69, 9.17) is 5.11 Å². The maximum absolute atomic E-state index is 9.56. The third-order valence-electron chi connectivity index (χ3n) is 2.27. The maximum Gasteiger partial charge on any atom is 0.126 e. The number of rotatable bonds is 2. The average molecular weight is 212 g/mol. The largest absolute Gasteiger partial charge is 0.508 e. The molecule has 0 saturated heterocycles. The normalized spacial score (nSPS) is 10.8. The summed E-state index contributed by atoms with van der Waals surface area (Å²) < 4.78 is 0. The van der Waals surface area contributed by atoms with Gasteiger partial charge in [0.15, 0.2) is 0 Å². The molecular weight excluding hydrogens is 200 g/mol. The van der Waals surface area contributed by atoms with Crippen LogP contribution in [-0.4, -0.2) is 10.2 Å². The highest BCUT2D eigenvalue weighted by Crippen LogP contribution is 2.24. The van der Waals surface area contributed by atoms with Crippen molar-refractivity contribution in [1.82, 2.24) is 0 Å². The third kappa shape index (κ3) is 2.42. The highest BCUT2D eigenvalue weighted by atomic mass is 16.3. The SMILES string of the molecule is Oc1ccc(C=Cc2ccccc2)c(O)c1. The summed E-state index contributed by atoms with van der Waals surface area (Å²) in [5, 5.41) is 18.7. The predicted octanol–water partition coefficient (Wildman–Crippen LogP) is 3.27. The van der Waals surface area contributed by atoms with Gasteiger partial charge >= 0.3 is 0 Å². The fourth-order valence-electron chi connectivity index (χ4n) is 1.42. The van der Waals surface area contributed by atoms with Crippen LogP contribution in [-0.2, 0) is 0 Å². The topological polar surface area (TPSA) is 40.5 Å². The van der Waals surface area contributed by atoms with Crippen molar-refractivity contribution in [2.24, 2.45) is 0 Å². The lowest BCUT2D eigenvalue weighted by Gasteiger charge is -1.99. The zero-order chi connectivity index (χ0) is 11.4. The Balaban J connectivity index is 2.24. The van der Waals surface area contributed by atoms with E-state index in [2.05, 4.69) is 0 Å². The highest BCUT2D eigenvalue weighted by molar-refractivity contribution is 5.72. The van der Waals surface area contributed by atoms with Gasteiger partial charge in [0.05, 0.1) is 0 Å². The molecule has 0 amide bonds. The Morgan fingerprint density at radius 3 is 2.25 bits per heavy atom. The number of aromatic hydroxyl groups is 2. The van der Waals surface area contributed by atoms with Crippen LogP contribution >= 0.6 is 0 Å². The molecule has 0 heterocycles. The van der Waals surface area contributed by atoms with Crippen molar-refractivity contribution in [2.45, 2.75) is 0 Å². The summed E-state index contributed by atoms with van der Waals surface area (Å²) in [6.07, 6.45) is 3.72. The van der Waals surface area contributed by atoms with E-state index in [0.29, 0.717) is 5.56 Å². The lowest BCUT2D eigenvalue weighted by atomic mass is 10.1. The van der Waals surface area contributed by atoms with Crippen molar-refractivity contribution in [3.05, 3.63) is 59.7 Å². The van der Waals surface area contributed by atoms with E-state index in [0.717, 1.165) is 5.56 Å². The number of phenols is 2. The van der Waals surface area contributed by atoms with E-state index >= 15 is 0 Å². The zero-order valence-electron chi connectivity index (χ0n) is 8.67. The fraction of sp³-hybridized carbons (Fsp3) is 0. The Bertz CT molecular complexity index is 501. The van der Waals surface area contributed by atoms with Crippen molar-refractivity contribution in [3.63, 3.8) is 0 Å². The number of hydrogen-bond acceptors (Lipinski definition) is 2. The standard InChI is InChI=1S/C14H12O2/c15-13-9-8-12(14(16)10-13)7-6-11-4-2-1-3-5-11/h1-10,15-16H. The first-order chi connectivity index (χ1) is 7.75. The van der Waals surface area contributed by atoms with Gasteiger partial charge in [-0.1, -0.05) is 42.5 Å². The van der Waals surface area contributed by atoms with Gasteiger partial charge in [0.2, 0.25) is 0 Å². The van der Waals surface area contributed by atoms with Crippen LogP contribution in [0.2, 0.25) is 0 Å². The number of benzene rings is 2. The van der Waals surface area contributed by atoms with Crippen molar-refractivity contribution in [2.75, 3.05) is 0 Å². The molecule has 2 rings (SSSR count). The van der Waals surface area contributed by atoms with E-state index in [1.807, 2.05) is 42.5 Å². The van der Waals surface area contributed by atoms with E-state index in [1.54, 1.807) is 12.1 Å². The molecule has 0 radical (unpaired) electrons. The second-order valence-electron chi connectivity index (χ2n) is 3.49. The average Bonchev–Trinajstić information content (AvgIpc) is 2.29. The second-order valence-corrected chi connectivity index (χ2v) is 3.49. The fourth-order valence-corrected chi connectivity index (χ4v) is 1.42. The van der Waals surface area contributed by atoms with Gasteiger partial charge in [-0.3, -0.25) is 0 Å². The van der Waals surface area contributed by atoms with E-state index in [9.17, 15) is 5.11 Å². The van der Waals surface area contributed by atoms with Gasteiger partial charge in [0, 0.05) is 11.6 Å². The molecule has 80 valence electrons. The molecule has 2 nitrogen and oxygen atoms in total. The molecule has 0 fully saturated rings. The van der Waals surface area contributed by atoms with Crippen LogP contribution in [0, 0.1) is 0 Å². The van der Waals surface area contributed by atoms with Crippen LogP contribution in [0.25, 0.3) is 12.2 Å².